The molecule has 0 aliphatic carbocycles. The third-order valence-electron chi connectivity index (χ3n) is 1.35. The Bertz CT molecular complexity index is 163. The zero-order valence-electron chi connectivity index (χ0n) is 8.88. The molecule has 0 radical (unpaired) electrons. The van der Waals surface area contributed by atoms with Crippen molar-refractivity contribution >= 4 is 5.91 Å². The van der Waals surface area contributed by atoms with Crippen molar-refractivity contribution in [3.63, 3.8) is 0 Å². The predicted octanol–water partition coefficient (Wildman–Crippen LogP) is -0.766. The van der Waals surface area contributed by atoms with E-state index in [1.54, 1.807) is 10.1 Å². The number of amides is 1. The smallest absolute Gasteiger partial charge is 0.219 e. The van der Waals surface area contributed by atoms with Crippen LogP contribution in [0.1, 0.15) is 20.8 Å². The minimum Gasteiger partial charge on any atom is -0.326 e. The van der Waals surface area contributed by atoms with Gasteiger partial charge in [0.1, 0.15) is 0 Å². The Morgan fingerprint density at radius 1 is 1.38 bits per heavy atom. The van der Waals surface area contributed by atoms with E-state index in [1.807, 2.05) is 27.9 Å². The van der Waals surface area contributed by atoms with Crippen molar-refractivity contribution in [3.05, 3.63) is 0 Å². The monoisotopic (exact) mass is 189 g/mol. The molecule has 6 heteroatoms. The molecule has 13 heavy (non-hydrogen) atoms. The summed E-state index contributed by atoms with van der Waals surface area (Å²) in [5, 5.41) is 6.11. The summed E-state index contributed by atoms with van der Waals surface area (Å²) in [6.07, 6.45) is -0.169. The van der Waals surface area contributed by atoms with Gasteiger partial charge in [-0.15, -0.1) is 0 Å². The number of hydrazine groups is 3. The fraction of sp³-hybridized carbons (Fsp3) is 0.857. The SMILES string of the molecule is CC.CC(=O)NC1NN(C)NN1C. The molecule has 1 fully saturated rings. The highest BCUT2D eigenvalue weighted by molar-refractivity contribution is 5.73. The van der Waals surface area contributed by atoms with Gasteiger partial charge < -0.3 is 5.32 Å². The molecule has 1 saturated heterocycles. The van der Waals surface area contributed by atoms with E-state index in [9.17, 15) is 4.79 Å². The van der Waals surface area contributed by atoms with E-state index in [0.29, 0.717) is 0 Å². The molecule has 1 aliphatic rings. The first-order valence-corrected chi connectivity index (χ1v) is 4.35. The largest absolute Gasteiger partial charge is 0.326 e. The molecule has 0 aromatic heterocycles. The van der Waals surface area contributed by atoms with Gasteiger partial charge in [0.25, 0.3) is 0 Å². The van der Waals surface area contributed by atoms with Crippen LogP contribution >= 0.6 is 0 Å². The molecular weight excluding hydrogens is 170 g/mol. The number of hydrogen-bond donors (Lipinski definition) is 3. The van der Waals surface area contributed by atoms with Gasteiger partial charge in [-0.2, -0.15) is 15.7 Å². The Morgan fingerprint density at radius 2 is 1.92 bits per heavy atom. The molecule has 1 amide bonds. The number of hydrogen-bond acceptors (Lipinski definition) is 5. The first-order chi connectivity index (χ1) is 6.09. The third kappa shape index (κ3) is 4.18. The highest BCUT2D eigenvalue weighted by Crippen LogP contribution is 1.92. The van der Waals surface area contributed by atoms with Crippen molar-refractivity contribution in [1.29, 1.82) is 0 Å². The van der Waals surface area contributed by atoms with Crippen LogP contribution in [0.5, 0.6) is 0 Å². The summed E-state index contributed by atoms with van der Waals surface area (Å²) in [6.45, 7) is 5.48. The summed E-state index contributed by atoms with van der Waals surface area (Å²) in [6, 6.07) is 0. The van der Waals surface area contributed by atoms with Gasteiger partial charge in [-0.05, 0) is 0 Å². The van der Waals surface area contributed by atoms with Gasteiger partial charge in [0.05, 0.1) is 0 Å². The van der Waals surface area contributed by atoms with E-state index in [0.717, 1.165) is 0 Å². The van der Waals surface area contributed by atoms with Crippen LogP contribution in [0.4, 0.5) is 0 Å². The maximum Gasteiger partial charge on any atom is 0.219 e. The number of rotatable bonds is 1. The zero-order chi connectivity index (χ0) is 10.4. The molecule has 1 atom stereocenters. The van der Waals surface area contributed by atoms with Crippen molar-refractivity contribution in [2.75, 3.05) is 14.1 Å². The summed E-state index contributed by atoms with van der Waals surface area (Å²) in [5.41, 5.74) is 5.86. The minimum absolute atomic E-state index is 0.0635. The van der Waals surface area contributed by atoms with Crippen molar-refractivity contribution < 1.29 is 4.79 Å². The van der Waals surface area contributed by atoms with Crippen LogP contribution in [-0.2, 0) is 4.79 Å². The van der Waals surface area contributed by atoms with Crippen LogP contribution < -0.4 is 16.3 Å². The van der Waals surface area contributed by atoms with E-state index < -0.39 is 0 Å². The lowest BCUT2D eigenvalue weighted by Crippen LogP contribution is -2.49. The van der Waals surface area contributed by atoms with Crippen LogP contribution in [0.3, 0.4) is 0 Å². The van der Waals surface area contributed by atoms with Crippen molar-refractivity contribution in [1.82, 2.24) is 26.4 Å². The number of carbonyl (C=O) groups excluding carboxylic acids is 1. The van der Waals surface area contributed by atoms with Crippen LogP contribution in [0.2, 0.25) is 0 Å². The lowest BCUT2D eigenvalue weighted by molar-refractivity contribution is -0.120. The molecule has 0 saturated carbocycles. The maximum absolute atomic E-state index is 10.6. The highest BCUT2D eigenvalue weighted by Gasteiger charge is 2.23. The minimum atomic E-state index is -0.169. The van der Waals surface area contributed by atoms with Crippen molar-refractivity contribution in [2.24, 2.45) is 0 Å². The fourth-order valence-electron chi connectivity index (χ4n) is 0.915. The van der Waals surface area contributed by atoms with Gasteiger partial charge in [-0.25, -0.2) is 5.43 Å². The number of nitrogens with one attached hydrogen (secondary N) is 3. The summed E-state index contributed by atoms with van der Waals surface area (Å²) < 4.78 is 0. The standard InChI is InChI=1S/C5H13N5O.C2H6/c1-4(11)6-5-7-10(3)8-9(5)2;1-2/h5,7-8H,1-3H3,(H,6,11);1-2H3. The highest BCUT2D eigenvalue weighted by atomic mass is 16.2. The summed E-state index contributed by atoms with van der Waals surface area (Å²) in [5.74, 6) is -0.0635. The third-order valence-corrected chi connectivity index (χ3v) is 1.35. The average Bonchev–Trinajstić information content (AvgIpc) is 2.33. The van der Waals surface area contributed by atoms with Crippen LogP contribution in [-0.4, -0.2) is 36.4 Å². The van der Waals surface area contributed by atoms with Gasteiger partial charge in [0.15, 0.2) is 6.29 Å². The summed E-state index contributed by atoms with van der Waals surface area (Å²) >= 11 is 0. The molecule has 0 spiro atoms. The van der Waals surface area contributed by atoms with E-state index in [2.05, 4.69) is 16.3 Å². The Balaban J connectivity index is 0.000000671. The molecule has 3 N–H and O–H groups in total. The second kappa shape index (κ2) is 5.87. The van der Waals surface area contributed by atoms with E-state index in [4.69, 9.17) is 0 Å². The van der Waals surface area contributed by atoms with E-state index in [-0.39, 0.29) is 12.2 Å². The Morgan fingerprint density at radius 3 is 2.23 bits per heavy atom. The van der Waals surface area contributed by atoms with Crippen LogP contribution in [0.15, 0.2) is 0 Å². The molecule has 0 bridgehead atoms. The molecule has 1 heterocycles. The molecule has 6 nitrogen and oxygen atoms in total. The van der Waals surface area contributed by atoms with Gasteiger partial charge in [-0.3, -0.25) is 4.79 Å². The van der Waals surface area contributed by atoms with Crippen molar-refractivity contribution in [3.8, 4) is 0 Å². The molecule has 0 aromatic rings. The van der Waals surface area contributed by atoms with Gasteiger partial charge in [-0.1, -0.05) is 13.8 Å². The summed E-state index contributed by atoms with van der Waals surface area (Å²) in [4.78, 5) is 10.6. The normalized spacial score (nSPS) is 23.6. The Kier molecular flexibility index (Phi) is 5.56. The van der Waals surface area contributed by atoms with Gasteiger partial charge >= 0.3 is 0 Å². The summed E-state index contributed by atoms with van der Waals surface area (Å²) in [7, 11) is 3.65. The first kappa shape index (κ1) is 12.3. The maximum atomic E-state index is 10.6. The van der Waals surface area contributed by atoms with Gasteiger partial charge in [0, 0.05) is 21.0 Å². The topological polar surface area (TPSA) is 59.6 Å². The van der Waals surface area contributed by atoms with E-state index >= 15 is 0 Å². The van der Waals surface area contributed by atoms with Crippen molar-refractivity contribution in [2.45, 2.75) is 27.1 Å². The lowest BCUT2D eigenvalue weighted by Gasteiger charge is -2.16. The number of nitrogens with zero attached hydrogens (tertiary/aromatic N) is 2. The molecule has 78 valence electrons. The number of carbonyl (C=O) groups is 1. The first-order valence-electron chi connectivity index (χ1n) is 4.35. The second-order valence-electron chi connectivity index (χ2n) is 2.50. The fourth-order valence-corrected chi connectivity index (χ4v) is 0.915. The Labute approximate surface area is 79.2 Å². The van der Waals surface area contributed by atoms with Gasteiger partial charge in [0.2, 0.25) is 5.91 Å². The molecule has 0 aromatic carbocycles. The Hall–Kier alpha value is -0.690. The second-order valence-corrected chi connectivity index (χ2v) is 2.50. The van der Waals surface area contributed by atoms with Crippen LogP contribution in [0, 0.1) is 0 Å². The molecular formula is C7H19N5O. The van der Waals surface area contributed by atoms with E-state index in [1.165, 1.54) is 6.92 Å². The molecule has 1 unspecified atom stereocenters. The lowest BCUT2D eigenvalue weighted by atomic mass is 10.6. The van der Waals surface area contributed by atoms with Crippen LogP contribution in [0.25, 0.3) is 0 Å². The molecule has 1 rings (SSSR count). The zero-order valence-corrected chi connectivity index (χ0v) is 8.88. The quantitative estimate of drug-likeness (QED) is 0.506. The predicted molar refractivity (Wildman–Crippen MR) is 50.8 cm³/mol. The average molecular weight is 189 g/mol. The molecule has 1 aliphatic heterocycles.